The summed E-state index contributed by atoms with van der Waals surface area (Å²) < 4.78 is 14.1. The third-order valence-electron chi connectivity index (χ3n) is 6.73. The van der Waals surface area contributed by atoms with Gasteiger partial charge in [0, 0.05) is 23.8 Å². The Morgan fingerprint density at radius 1 is 0.946 bits per heavy atom. The number of aliphatic hydroxyl groups is 1. The van der Waals surface area contributed by atoms with E-state index in [0.717, 1.165) is 48.5 Å². The monoisotopic (exact) mass is 533 g/mol. The average Bonchev–Trinajstić information content (AvgIpc) is 3.37. The Labute approximate surface area is 225 Å². The van der Waals surface area contributed by atoms with E-state index in [1.165, 1.54) is 0 Å². The summed E-state index contributed by atoms with van der Waals surface area (Å²) in [6.07, 6.45) is -0.696. The number of hydrogen-bond donors (Lipinski definition) is 2. The topological polar surface area (TPSA) is 90.5 Å². The minimum Gasteiger partial charge on any atom is -0.392 e. The normalized spacial score (nSPS) is 21.7. The Hall–Kier alpha value is -2.59. The average molecular weight is 534 g/mol. The summed E-state index contributed by atoms with van der Waals surface area (Å²) in [6, 6.07) is 24.6. The first-order valence-corrected chi connectivity index (χ1v) is 14.2. The van der Waals surface area contributed by atoms with Crippen molar-refractivity contribution in [3.05, 3.63) is 100 Å². The minimum absolute atomic E-state index is 0.0211. The van der Waals surface area contributed by atoms with E-state index < -0.39 is 6.29 Å². The third-order valence-corrected chi connectivity index (χ3v) is 8.79. The summed E-state index contributed by atoms with van der Waals surface area (Å²) in [6.45, 7) is 4.65. The van der Waals surface area contributed by atoms with Gasteiger partial charge in [-0.05, 0) is 34.7 Å². The van der Waals surface area contributed by atoms with Crippen LogP contribution >= 0.6 is 23.1 Å². The van der Waals surface area contributed by atoms with Gasteiger partial charge in [-0.2, -0.15) is 0 Å². The molecule has 4 aromatic rings. The summed E-state index contributed by atoms with van der Waals surface area (Å²) in [7, 11) is 0. The van der Waals surface area contributed by atoms with Gasteiger partial charge in [0.05, 0.1) is 18.8 Å². The number of aromatic nitrogens is 2. The molecule has 192 valence electrons. The Bertz CT molecular complexity index is 1310. The highest BCUT2D eigenvalue weighted by atomic mass is 32.2. The van der Waals surface area contributed by atoms with Gasteiger partial charge >= 0.3 is 0 Å². The zero-order valence-electron chi connectivity index (χ0n) is 20.9. The number of nitrogens with two attached hydrogens (primary N) is 1. The number of aliphatic hydroxyl groups excluding tert-OH is 1. The van der Waals surface area contributed by atoms with Crippen LogP contribution in [0.1, 0.15) is 46.6 Å². The molecule has 1 aromatic heterocycles. The molecule has 4 atom stereocenters. The summed E-state index contributed by atoms with van der Waals surface area (Å²) >= 11 is 3.28. The maximum Gasteiger partial charge on any atom is 0.184 e. The smallest absolute Gasteiger partial charge is 0.184 e. The first-order chi connectivity index (χ1) is 18.1. The molecule has 1 aliphatic rings. The largest absolute Gasteiger partial charge is 0.392 e. The van der Waals surface area contributed by atoms with E-state index in [-0.39, 0.29) is 24.7 Å². The fourth-order valence-corrected chi connectivity index (χ4v) is 6.60. The molecule has 5 rings (SSSR count). The van der Waals surface area contributed by atoms with Crippen LogP contribution in [0, 0.1) is 12.8 Å². The lowest BCUT2D eigenvalue weighted by Crippen LogP contribution is -2.38. The van der Waals surface area contributed by atoms with Crippen molar-refractivity contribution < 1.29 is 14.6 Å². The van der Waals surface area contributed by atoms with Crippen LogP contribution in [0.3, 0.4) is 0 Å². The first-order valence-electron chi connectivity index (χ1n) is 12.4. The van der Waals surface area contributed by atoms with Gasteiger partial charge in [-0.15, -0.1) is 10.2 Å². The molecular formula is C29H31N3O3S2. The Kier molecular flexibility index (Phi) is 8.34. The van der Waals surface area contributed by atoms with Gasteiger partial charge in [-0.1, -0.05) is 103 Å². The lowest BCUT2D eigenvalue weighted by molar-refractivity contribution is -0.268. The molecular weight excluding hydrogens is 502 g/mol. The second-order valence-corrected chi connectivity index (χ2v) is 11.7. The SMILES string of the molecule is Cc1nnc(SC[C@H]2O[C@@H](c3ccc(-c4ccccc4CN)cc3)O[C@@H](c3ccc(CO)cc3)[C@H]2C)s1. The third kappa shape index (κ3) is 5.95. The molecule has 37 heavy (non-hydrogen) atoms. The van der Waals surface area contributed by atoms with E-state index in [2.05, 4.69) is 53.5 Å². The van der Waals surface area contributed by atoms with Crippen molar-refractivity contribution in [3.8, 4) is 11.1 Å². The Balaban J connectivity index is 1.40. The zero-order chi connectivity index (χ0) is 25.8. The van der Waals surface area contributed by atoms with Crippen LogP contribution in [0.5, 0.6) is 0 Å². The number of benzene rings is 3. The van der Waals surface area contributed by atoms with Crippen molar-refractivity contribution in [2.75, 3.05) is 5.75 Å². The molecule has 0 spiro atoms. The van der Waals surface area contributed by atoms with Gasteiger partial charge in [0.1, 0.15) is 5.01 Å². The number of nitrogens with zero attached hydrogens (tertiary/aromatic N) is 2. The van der Waals surface area contributed by atoms with Crippen molar-refractivity contribution in [1.29, 1.82) is 0 Å². The van der Waals surface area contributed by atoms with Crippen molar-refractivity contribution >= 4 is 23.1 Å². The highest BCUT2D eigenvalue weighted by Crippen LogP contribution is 2.43. The molecule has 3 N–H and O–H groups in total. The molecule has 0 unspecified atom stereocenters. The van der Waals surface area contributed by atoms with Crippen LogP contribution in [0.2, 0.25) is 0 Å². The summed E-state index contributed by atoms with van der Waals surface area (Å²) in [5, 5.41) is 18.8. The van der Waals surface area contributed by atoms with E-state index in [1.807, 2.05) is 43.3 Å². The molecule has 0 bridgehead atoms. The molecule has 2 heterocycles. The molecule has 0 aliphatic carbocycles. The first kappa shape index (κ1) is 26.0. The van der Waals surface area contributed by atoms with Gasteiger partial charge in [0.15, 0.2) is 10.6 Å². The molecule has 6 nitrogen and oxygen atoms in total. The van der Waals surface area contributed by atoms with Crippen LogP contribution in [-0.4, -0.2) is 27.2 Å². The molecule has 1 saturated heterocycles. The maximum absolute atomic E-state index is 9.47. The Morgan fingerprint density at radius 2 is 1.68 bits per heavy atom. The van der Waals surface area contributed by atoms with E-state index in [1.54, 1.807) is 23.1 Å². The molecule has 1 fully saturated rings. The summed E-state index contributed by atoms with van der Waals surface area (Å²) in [5.74, 6) is 0.872. The number of aryl methyl sites for hydroxylation is 1. The molecule has 0 radical (unpaired) electrons. The Morgan fingerprint density at radius 3 is 2.35 bits per heavy atom. The molecule has 8 heteroatoms. The highest BCUT2D eigenvalue weighted by Gasteiger charge is 2.38. The van der Waals surface area contributed by atoms with Crippen molar-refractivity contribution in [2.45, 2.75) is 49.8 Å². The van der Waals surface area contributed by atoms with E-state index in [0.29, 0.717) is 6.54 Å². The van der Waals surface area contributed by atoms with Gasteiger partial charge in [-0.25, -0.2) is 0 Å². The van der Waals surface area contributed by atoms with E-state index in [9.17, 15) is 5.11 Å². The predicted octanol–water partition coefficient (Wildman–Crippen LogP) is 6.05. The number of rotatable bonds is 8. The van der Waals surface area contributed by atoms with Crippen molar-refractivity contribution in [1.82, 2.24) is 10.2 Å². The van der Waals surface area contributed by atoms with Gasteiger partial charge in [0.2, 0.25) is 0 Å². The van der Waals surface area contributed by atoms with Crippen LogP contribution in [0.4, 0.5) is 0 Å². The van der Waals surface area contributed by atoms with Crippen molar-refractivity contribution in [2.24, 2.45) is 11.7 Å². The number of ether oxygens (including phenoxy) is 2. The van der Waals surface area contributed by atoms with Gasteiger partial charge < -0.3 is 20.3 Å². The highest BCUT2D eigenvalue weighted by molar-refractivity contribution is 8.01. The second kappa shape index (κ2) is 11.9. The van der Waals surface area contributed by atoms with Gasteiger partial charge in [0.25, 0.3) is 0 Å². The number of hydrogen-bond acceptors (Lipinski definition) is 8. The molecule has 1 aliphatic heterocycles. The summed E-state index contributed by atoms with van der Waals surface area (Å²) in [5.41, 5.74) is 12.3. The lowest BCUT2D eigenvalue weighted by atomic mass is 9.91. The van der Waals surface area contributed by atoms with Crippen LogP contribution in [0.15, 0.2) is 77.1 Å². The van der Waals surface area contributed by atoms with Crippen LogP contribution in [0.25, 0.3) is 11.1 Å². The van der Waals surface area contributed by atoms with Crippen LogP contribution in [-0.2, 0) is 22.6 Å². The van der Waals surface area contributed by atoms with E-state index >= 15 is 0 Å². The van der Waals surface area contributed by atoms with Gasteiger partial charge in [-0.3, -0.25) is 0 Å². The fourth-order valence-electron chi connectivity index (χ4n) is 4.60. The minimum atomic E-state index is -0.501. The quantitative estimate of drug-likeness (QED) is 0.267. The summed E-state index contributed by atoms with van der Waals surface area (Å²) in [4.78, 5) is 0. The lowest BCUT2D eigenvalue weighted by Gasteiger charge is -2.41. The van der Waals surface area contributed by atoms with Crippen LogP contribution < -0.4 is 5.73 Å². The molecule has 0 saturated carbocycles. The molecule has 3 aromatic carbocycles. The van der Waals surface area contributed by atoms with E-state index in [4.69, 9.17) is 15.2 Å². The fraction of sp³-hybridized carbons (Fsp3) is 0.310. The van der Waals surface area contributed by atoms with Crippen molar-refractivity contribution in [3.63, 3.8) is 0 Å². The standard InChI is InChI=1S/C29H31N3O3S2/c1-18-26(17-36-29-32-31-19(2)37-29)34-28(35-27(18)22-9-7-20(16-33)8-10-22)23-13-11-21(12-14-23)25-6-4-3-5-24(25)15-30/h3-14,18,26-28,33H,15-17,30H2,1-2H3/t18-,26+,27+,28+/m0/s1. The second-order valence-electron chi connectivity index (χ2n) is 9.20. The zero-order valence-corrected chi connectivity index (χ0v) is 22.5. The number of thioether (sulfide) groups is 1. The maximum atomic E-state index is 9.47. The predicted molar refractivity (Wildman–Crippen MR) is 148 cm³/mol. The molecule has 0 amide bonds.